The molecular formula is C21H27NO4. The Morgan fingerprint density at radius 1 is 0.962 bits per heavy atom. The van der Waals surface area contributed by atoms with E-state index in [9.17, 15) is 4.79 Å². The molecule has 0 spiro atoms. The highest BCUT2D eigenvalue weighted by molar-refractivity contribution is 6.06. The zero-order chi connectivity index (χ0) is 18.8. The van der Waals surface area contributed by atoms with Gasteiger partial charge in [0.1, 0.15) is 18.1 Å². The first-order valence-corrected chi connectivity index (χ1v) is 8.85. The number of amides is 1. The molecule has 140 valence electrons. The molecule has 0 unspecified atom stereocenters. The molecule has 26 heavy (non-hydrogen) atoms. The average molecular weight is 357 g/mol. The Morgan fingerprint density at radius 2 is 1.69 bits per heavy atom. The van der Waals surface area contributed by atoms with Gasteiger partial charge in [0.2, 0.25) is 0 Å². The fourth-order valence-electron chi connectivity index (χ4n) is 2.26. The second-order valence-electron chi connectivity index (χ2n) is 6.35. The summed E-state index contributed by atoms with van der Waals surface area (Å²) in [7, 11) is 1.63. The smallest absolute Gasteiger partial charge is 0.259 e. The largest absolute Gasteiger partial charge is 0.493 e. The Labute approximate surface area is 155 Å². The fourth-order valence-corrected chi connectivity index (χ4v) is 2.26. The van der Waals surface area contributed by atoms with Crippen molar-refractivity contribution in [3.63, 3.8) is 0 Å². The SMILES string of the molecule is COCCOc1ccc(NC(=O)c2ccccc2OCCC(C)C)cc1. The van der Waals surface area contributed by atoms with Crippen molar-refractivity contribution in [1.82, 2.24) is 0 Å². The predicted octanol–water partition coefficient (Wildman–Crippen LogP) is 4.39. The van der Waals surface area contributed by atoms with E-state index in [0.29, 0.717) is 42.7 Å². The van der Waals surface area contributed by atoms with Crippen molar-refractivity contribution >= 4 is 11.6 Å². The molecule has 0 aliphatic rings. The predicted molar refractivity (Wildman–Crippen MR) is 103 cm³/mol. The van der Waals surface area contributed by atoms with Crippen LogP contribution in [0.25, 0.3) is 0 Å². The summed E-state index contributed by atoms with van der Waals surface area (Å²) < 4.78 is 16.3. The highest BCUT2D eigenvalue weighted by Crippen LogP contribution is 2.21. The van der Waals surface area contributed by atoms with E-state index in [2.05, 4.69) is 19.2 Å². The third kappa shape index (κ3) is 6.41. The number of carbonyl (C=O) groups excluding carboxylic acids is 1. The number of ether oxygens (including phenoxy) is 3. The van der Waals surface area contributed by atoms with Crippen molar-refractivity contribution in [2.24, 2.45) is 5.92 Å². The Bertz CT molecular complexity index is 683. The van der Waals surface area contributed by atoms with Crippen molar-refractivity contribution in [2.75, 3.05) is 32.2 Å². The Morgan fingerprint density at radius 3 is 2.38 bits per heavy atom. The number of hydrogen-bond donors (Lipinski definition) is 1. The third-order valence-electron chi connectivity index (χ3n) is 3.75. The molecule has 0 bridgehead atoms. The Balaban J connectivity index is 1.96. The Hall–Kier alpha value is -2.53. The molecular weight excluding hydrogens is 330 g/mol. The summed E-state index contributed by atoms with van der Waals surface area (Å²) in [6, 6.07) is 14.5. The first-order valence-electron chi connectivity index (χ1n) is 8.85. The van der Waals surface area contributed by atoms with Crippen LogP contribution >= 0.6 is 0 Å². The van der Waals surface area contributed by atoms with E-state index < -0.39 is 0 Å². The van der Waals surface area contributed by atoms with Crippen molar-refractivity contribution in [2.45, 2.75) is 20.3 Å². The fraction of sp³-hybridized carbons (Fsp3) is 0.381. The number of carbonyl (C=O) groups is 1. The molecule has 2 aromatic rings. The topological polar surface area (TPSA) is 56.8 Å². The third-order valence-corrected chi connectivity index (χ3v) is 3.75. The van der Waals surface area contributed by atoms with E-state index in [0.717, 1.165) is 12.2 Å². The summed E-state index contributed by atoms with van der Waals surface area (Å²) >= 11 is 0. The molecule has 2 aromatic carbocycles. The molecule has 2 rings (SSSR count). The maximum Gasteiger partial charge on any atom is 0.259 e. The number of anilines is 1. The van der Waals surface area contributed by atoms with E-state index >= 15 is 0 Å². The molecule has 0 fully saturated rings. The second kappa shape index (κ2) is 10.5. The second-order valence-corrected chi connectivity index (χ2v) is 6.35. The Kier molecular flexibility index (Phi) is 7.96. The van der Waals surface area contributed by atoms with Gasteiger partial charge in [0.05, 0.1) is 18.8 Å². The number of rotatable bonds is 10. The molecule has 0 heterocycles. The van der Waals surface area contributed by atoms with E-state index in [1.54, 1.807) is 13.2 Å². The molecule has 1 amide bonds. The van der Waals surface area contributed by atoms with Gasteiger partial charge in [-0.15, -0.1) is 0 Å². The number of benzene rings is 2. The van der Waals surface area contributed by atoms with Gasteiger partial charge >= 0.3 is 0 Å². The summed E-state index contributed by atoms with van der Waals surface area (Å²) in [6.45, 7) is 5.90. The normalized spacial score (nSPS) is 10.6. The summed E-state index contributed by atoms with van der Waals surface area (Å²) in [5.41, 5.74) is 1.22. The lowest BCUT2D eigenvalue weighted by Crippen LogP contribution is -2.14. The zero-order valence-corrected chi connectivity index (χ0v) is 15.7. The average Bonchev–Trinajstić information content (AvgIpc) is 2.63. The minimum atomic E-state index is -0.196. The quantitative estimate of drug-likeness (QED) is 0.641. The van der Waals surface area contributed by atoms with Crippen LogP contribution in [0.3, 0.4) is 0 Å². The van der Waals surface area contributed by atoms with Gasteiger partial charge in [0, 0.05) is 12.8 Å². The first-order chi connectivity index (χ1) is 12.6. The lowest BCUT2D eigenvalue weighted by Gasteiger charge is -2.13. The van der Waals surface area contributed by atoms with E-state index in [-0.39, 0.29) is 5.91 Å². The summed E-state index contributed by atoms with van der Waals surface area (Å²) in [6.07, 6.45) is 0.945. The molecule has 5 heteroatoms. The molecule has 0 radical (unpaired) electrons. The molecule has 0 saturated carbocycles. The number of nitrogens with one attached hydrogen (secondary N) is 1. The van der Waals surface area contributed by atoms with Gasteiger partial charge < -0.3 is 19.5 Å². The van der Waals surface area contributed by atoms with E-state index in [4.69, 9.17) is 14.2 Å². The van der Waals surface area contributed by atoms with Crippen molar-refractivity contribution < 1.29 is 19.0 Å². The molecule has 5 nitrogen and oxygen atoms in total. The number of methoxy groups -OCH3 is 1. The van der Waals surface area contributed by atoms with Crippen LogP contribution in [0.2, 0.25) is 0 Å². The van der Waals surface area contributed by atoms with Gasteiger partial charge in [0.15, 0.2) is 0 Å². The van der Waals surface area contributed by atoms with Gasteiger partial charge in [0.25, 0.3) is 5.91 Å². The molecule has 0 aliphatic heterocycles. The maximum atomic E-state index is 12.6. The highest BCUT2D eigenvalue weighted by Gasteiger charge is 2.12. The van der Waals surface area contributed by atoms with Gasteiger partial charge in [-0.1, -0.05) is 26.0 Å². The number of hydrogen-bond acceptors (Lipinski definition) is 4. The van der Waals surface area contributed by atoms with Crippen LogP contribution in [0.5, 0.6) is 11.5 Å². The monoisotopic (exact) mass is 357 g/mol. The van der Waals surface area contributed by atoms with Gasteiger partial charge in [-0.05, 0) is 48.7 Å². The molecule has 0 atom stereocenters. The van der Waals surface area contributed by atoms with Gasteiger partial charge in [-0.25, -0.2) is 0 Å². The minimum absolute atomic E-state index is 0.196. The minimum Gasteiger partial charge on any atom is -0.493 e. The summed E-state index contributed by atoms with van der Waals surface area (Å²) in [5.74, 6) is 1.70. The van der Waals surface area contributed by atoms with Crippen LogP contribution < -0.4 is 14.8 Å². The number of para-hydroxylation sites is 1. The van der Waals surface area contributed by atoms with Crippen LogP contribution in [0.4, 0.5) is 5.69 Å². The lowest BCUT2D eigenvalue weighted by atomic mass is 10.1. The standard InChI is InChI=1S/C21H27NO4/c1-16(2)12-13-26-20-7-5-4-6-19(20)21(23)22-17-8-10-18(11-9-17)25-15-14-24-3/h4-11,16H,12-15H2,1-3H3,(H,22,23). The van der Waals surface area contributed by atoms with Crippen LogP contribution in [-0.4, -0.2) is 32.8 Å². The lowest BCUT2D eigenvalue weighted by molar-refractivity contribution is 0.102. The molecule has 1 N–H and O–H groups in total. The molecule has 0 aliphatic carbocycles. The van der Waals surface area contributed by atoms with E-state index in [1.807, 2.05) is 42.5 Å². The summed E-state index contributed by atoms with van der Waals surface area (Å²) in [4.78, 5) is 12.6. The van der Waals surface area contributed by atoms with Gasteiger partial charge in [-0.2, -0.15) is 0 Å². The van der Waals surface area contributed by atoms with Crippen LogP contribution in [-0.2, 0) is 4.74 Å². The van der Waals surface area contributed by atoms with Crippen molar-refractivity contribution in [3.8, 4) is 11.5 Å². The van der Waals surface area contributed by atoms with Crippen LogP contribution in [0.1, 0.15) is 30.6 Å². The van der Waals surface area contributed by atoms with Crippen LogP contribution in [0.15, 0.2) is 48.5 Å². The summed E-state index contributed by atoms with van der Waals surface area (Å²) in [5, 5.41) is 2.89. The highest BCUT2D eigenvalue weighted by atomic mass is 16.5. The van der Waals surface area contributed by atoms with Crippen molar-refractivity contribution in [3.05, 3.63) is 54.1 Å². The van der Waals surface area contributed by atoms with Crippen molar-refractivity contribution in [1.29, 1.82) is 0 Å². The van der Waals surface area contributed by atoms with E-state index in [1.165, 1.54) is 0 Å². The van der Waals surface area contributed by atoms with Crippen LogP contribution in [0, 0.1) is 5.92 Å². The zero-order valence-electron chi connectivity index (χ0n) is 15.7. The maximum absolute atomic E-state index is 12.6. The molecule has 0 aromatic heterocycles. The molecule has 0 saturated heterocycles. The first kappa shape index (κ1) is 19.8. The van der Waals surface area contributed by atoms with Gasteiger partial charge in [-0.3, -0.25) is 4.79 Å².